The molecule has 0 radical (unpaired) electrons. The van der Waals surface area contributed by atoms with Crippen LogP contribution in [-0.2, 0) is 14.8 Å². The molecule has 1 unspecified atom stereocenters. The molecule has 1 N–H and O–H groups in total. The SMILES string of the molecule is Cc1noc(C)c1S(=O)(=O)N1CCN(C2CC(=O)N(C)C(=O)N2)CC1. The Labute approximate surface area is 145 Å². The highest BCUT2D eigenvalue weighted by Crippen LogP contribution is 2.24. The summed E-state index contributed by atoms with van der Waals surface area (Å²) in [6.45, 7) is 4.54. The van der Waals surface area contributed by atoms with E-state index in [-0.39, 0.29) is 36.1 Å². The van der Waals surface area contributed by atoms with Crippen LogP contribution < -0.4 is 5.32 Å². The first-order chi connectivity index (χ1) is 11.7. The van der Waals surface area contributed by atoms with Gasteiger partial charge < -0.3 is 9.84 Å². The van der Waals surface area contributed by atoms with Gasteiger partial charge in [0.2, 0.25) is 15.9 Å². The first-order valence-corrected chi connectivity index (χ1v) is 9.40. The van der Waals surface area contributed by atoms with Crippen LogP contribution in [0.3, 0.4) is 0 Å². The van der Waals surface area contributed by atoms with Gasteiger partial charge in [0.05, 0.1) is 12.6 Å². The molecular formula is C14H21N5O5S. The van der Waals surface area contributed by atoms with E-state index >= 15 is 0 Å². The minimum Gasteiger partial charge on any atom is -0.360 e. The molecule has 3 amide bonds. The first kappa shape index (κ1) is 17.8. The summed E-state index contributed by atoms with van der Waals surface area (Å²) >= 11 is 0. The Morgan fingerprint density at radius 1 is 1.16 bits per heavy atom. The lowest BCUT2D eigenvalue weighted by Gasteiger charge is -2.41. The van der Waals surface area contributed by atoms with E-state index in [1.165, 1.54) is 11.4 Å². The molecule has 2 saturated heterocycles. The topological polar surface area (TPSA) is 116 Å². The fraction of sp³-hybridized carbons (Fsp3) is 0.643. The van der Waals surface area contributed by atoms with Crippen molar-refractivity contribution in [2.24, 2.45) is 0 Å². The predicted molar refractivity (Wildman–Crippen MR) is 86.0 cm³/mol. The second-order valence-electron chi connectivity index (χ2n) is 6.22. The van der Waals surface area contributed by atoms with Crippen LogP contribution in [0.5, 0.6) is 0 Å². The van der Waals surface area contributed by atoms with E-state index in [4.69, 9.17) is 4.52 Å². The Morgan fingerprint density at radius 2 is 1.80 bits per heavy atom. The van der Waals surface area contributed by atoms with Crippen LogP contribution in [0.1, 0.15) is 17.9 Å². The average molecular weight is 371 g/mol. The molecule has 0 aliphatic carbocycles. The van der Waals surface area contributed by atoms with Gasteiger partial charge in [-0.3, -0.25) is 14.6 Å². The summed E-state index contributed by atoms with van der Waals surface area (Å²) in [7, 11) is -2.24. The number of nitrogens with one attached hydrogen (secondary N) is 1. The zero-order valence-electron chi connectivity index (χ0n) is 14.4. The Kier molecular flexibility index (Phi) is 4.56. The smallest absolute Gasteiger partial charge is 0.325 e. The van der Waals surface area contributed by atoms with E-state index in [0.29, 0.717) is 18.8 Å². The number of aryl methyl sites for hydroxylation is 2. The maximum Gasteiger partial charge on any atom is 0.325 e. The number of carbonyl (C=O) groups excluding carboxylic acids is 2. The number of hydrogen-bond donors (Lipinski definition) is 1. The first-order valence-electron chi connectivity index (χ1n) is 7.96. The molecule has 0 spiro atoms. The lowest BCUT2D eigenvalue weighted by molar-refractivity contribution is -0.130. The minimum atomic E-state index is -3.68. The van der Waals surface area contributed by atoms with Crippen molar-refractivity contribution in [2.45, 2.75) is 31.3 Å². The minimum absolute atomic E-state index is 0.115. The van der Waals surface area contributed by atoms with Crippen molar-refractivity contribution < 1.29 is 22.5 Å². The Hall–Kier alpha value is -1.98. The van der Waals surface area contributed by atoms with Crippen molar-refractivity contribution in [2.75, 3.05) is 33.2 Å². The molecule has 2 aliphatic heterocycles. The maximum atomic E-state index is 12.8. The predicted octanol–water partition coefficient (Wildman–Crippen LogP) is -0.504. The average Bonchev–Trinajstić information content (AvgIpc) is 2.91. The number of nitrogens with zero attached hydrogens (tertiary/aromatic N) is 4. The van der Waals surface area contributed by atoms with Gasteiger partial charge in [-0.25, -0.2) is 13.2 Å². The normalized spacial score (nSPS) is 23.8. The Bertz CT molecular complexity index is 759. The number of aromatic nitrogens is 1. The number of piperazine rings is 1. The third kappa shape index (κ3) is 3.14. The molecule has 0 aromatic carbocycles. The van der Waals surface area contributed by atoms with Gasteiger partial charge in [-0.1, -0.05) is 5.16 Å². The zero-order valence-corrected chi connectivity index (χ0v) is 15.2. The molecule has 3 rings (SSSR count). The summed E-state index contributed by atoms with van der Waals surface area (Å²) in [6, 6.07) is -0.438. The molecule has 1 atom stereocenters. The van der Waals surface area contributed by atoms with Crippen LogP contribution in [0, 0.1) is 13.8 Å². The molecule has 0 saturated carbocycles. The number of amides is 3. The quantitative estimate of drug-likeness (QED) is 0.761. The van der Waals surface area contributed by atoms with Crippen LogP contribution >= 0.6 is 0 Å². The van der Waals surface area contributed by atoms with Crippen molar-refractivity contribution in [3.63, 3.8) is 0 Å². The Balaban J connectivity index is 1.68. The summed E-state index contributed by atoms with van der Waals surface area (Å²) in [5, 5.41) is 6.47. The van der Waals surface area contributed by atoms with Gasteiger partial charge in [0.15, 0.2) is 5.76 Å². The number of urea groups is 1. The van der Waals surface area contributed by atoms with Crippen LogP contribution in [0.4, 0.5) is 4.79 Å². The highest BCUT2D eigenvalue weighted by atomic mass is 32.2. The van der Waals surface area contributed by atoms with Crippen molar-refractivity contribution in [3.05, 3.63) is 11.5 Å². The molecule has 2 aliphatic rings. The Morgan fingerprint density at radius 3 is 2.32 bits per heavy atom. The van der Waals surface area contributed by atoms with E-state index in [0.717, 1.165) is 4.90 Å². The molecule has 1 aromatic heterocycles. The molecule has 138 valence electrons. The van der Waals surface area contributed by atoms with Gasteiger partial charge >= 0.3 is 6.03 Å². The van der Waals surface area contributed by atoms with Gasteiger partial charge in [-0.2, -0.15) is 4.31 Å². The van der Waals surface area contributed by atoms with Gasteiger partial charge in [0.25, 0.3) is 0 Å². The fourth-order valence-corrected chi connectivity index (χ4v) is 4.87. The highest BCUT2D eigenvalue weighted by molar-refractivity contribution is 7.89. The van der Waals surface area contributed by atoms with E-state index in [1.54, 1.807) is 13.8 Å². The molecule has 10 nitrogen and oxygen atoms in total. The molecule has 1 aromatic rings. The lowest BCUT2D eigenvalue weighted by Crippen LogP contribution is -2.62. The van der Waals surface area contributed by atoms with Gasteiger partial charge in [0.1, 0.15) is 10.6 Å². The summed E-state index contributed by atoms with van der Waals surface area (Å²) in [6.07, 6.45) is -0.223. The summed E-state index contributed by atoms with van der Waals surface area (Å²) in [5.74, 6) is 0.0210. The van der Waals surface area contributed by atoms with Crippen LogP contribution in [-0.4, -0.2) is 79.0 Å². The summed E-state index contributed by atoms with van der Waals surface area (Å²) in [5.41, 5.74) is 0.341. The highest BCUT2D eigenvalue weighted by Gasteiger charge is 2.37. The molecule has 25 heavy (non-hydrogen) atoms. The van der Waals surface area contributed by atoms with E-state index in [1.807, 2.05) is 4.90 Å². The number of carbonyl (C=O) groups is 2. The summed E-state index contributed by atoms with van der Waals surface area (Å²) < 4.78 is 31.9. The second-order valence-corrected chi connectivity index (χ2v) is 8.09. The van der Waals surface area contributed by atoms with Gasteiger partial charge in [0, 0.05) is 33.2 Å². The third-order valence-electron chi connectivity index (χ3n) is 4.62. The van der Waals surface area contributed by atoms with Crippen molar-refractivity contribution in [1.82, 2.24) is 24.6 Å². The van der Waals surface area contributed by atoms with E-state index in [2.05, 4.69) is 10.5 Å². The maximum absolute atomic E-state index is 12.8. The number of imide groups is 1. The van der Waals surface area contributed by atoms with Crippen molar-refractivity contribution in [1.29, 1.82) is 0 Å². The fourth-order valence-electron chi connectivity index (χ4n) is 3.15. The lowest BCUT2D eigenvalue weighted by atomic mass is 10.2. The number of sulfonamides is 1. The molecule has 11 heteroatoms. The van der Waals surface area contributed by atoms with Crippen LogP contribution in [0.15, 0.2) is 9.42 Å². The summed E-state index contributed by atoms with van der Waals surface area (Å²) in [4.78, 5) is 26.7. The second kappa shape index (κ2) is 6.39. The van der Waals surface area contributed by atoms with E-state index in [9.17, 15) is 18.0 Å². The van der Waals surface area contributed by atoms with Crippen molar-refractivity contribution >= 4 is 22.0 Å². The van der Waals surface area contributed by atoms with Gasteiger partial charge in [-0.15, -0.1) is 0 Å². The molecule has 3 heterocycles. The third-order valence-corrected chi connectivity index (χ3v) is 6.76. The molecule has 2 fully saturated rings. The van der Waals surface area contributed by atoms with Crippen LogP contribution in [0.25, 0.3) is 0 Å². The molecule has 0 bridgehead atoms. The monoisotopic (exact) mass is 371 g/mol. The largest absolute Gasteiger partial charge is 0.360 e. The zero-order chi connectivity index (χ0) is 18.4. The standard InChI is InChI=1S/C14H21N5O5S/c1-9-13(10(2)24-16-9)25(22,23)19-6-4-18(5-7-19)11-8-12(20)17(3)14(21)15-11/h11H,4-8H2,1-3H3,(H,15,21). The molecular weight excluding hydrogens is 350 g/mol. The number of rotatable bonds is 3. The van der Waals surface area contributed by atoms with E-state index < -0.39 is 22.2 Å². The van der Waals surface area contributed by atoms with Crippen LogP contribution in [0.2, 0.25) is 0 Å². The van der Waals surface area contributed by atoms with Crippen molar-refractivity contribution in [3.8, 4) is 0 Å². The van der Waals surface area contributed by atoms with Gasteiger partial charge in [-0.05, 0) is 13.8 Å². The number of hydrogen-bond acceptors (Lipinski definition) is 7.